The second-order valence-corrected chi connectivity index (χ2v) is 15.1. The summed E-state index contributed by atoms with van der Waals surface area (Å²) in [6, 6.07) is 0. The van der Waals surface area contributed by atoms with Crippen molar-refractivity contribution in [2.75, 3.05) is 12.8 Å². The lowest BCUT2D eigenvalue weighted by Gasteiger charge is -2.18. The van der Waals surface area contributed by atoms with Crippen LogP contribution in [0.4, 0.5) is 0 Å². The Balaban J connectivity index is 3.96. The molecule has 2 N–H and O–H groups in total. The van der Waals surface area contributed by atoms with Crippen molar-refractivity contribution < 1.29 is 33.4 Å². The molecule has 0 radical (unpaired) electrons. The lowest BCUT2D eigenvalue weighted by atomic mass is 10.0. The van der Waals surface area contributed by atoms with Crippen molar-refractivity contribution >= 4 is 19.5 Å². The molecule has 0 saturated heterocycles. The fourth-order valence-corrected chi connectivity index (χ4v) is 6.24. The molecule has 0 heterocycles. The van der Waals surface area contributed by atoms with Crippen molar-refractivity contribution in [3.63, 3.8) is 0 Å². The molecule has 46 heavy (non-hydrogen) atoms. The molecule has 8 heteroatoms. The molecule has 0 saturated carbocycles. The SMILES string of the molecule is CCCCCCCCC=CCCCCCCCC(=O)O[C@@H](CCP(=O)(O)O)COC(=O)CCCCCCCCCCCCCCC. The van der Waals surface area contributed by atoms with Crippen LogP contribution in [0.3, 0.4) is 0 Å². The monoisotopic (exact) mass is 673 g/mol. The minimum Gasteiger partial charge on any atom is -0.462 e. The van der Waals surface area contributed by atoms with Crippen molar-refractivity contribution in [3.05, 3.63) is 12.2 Å². The van der Waals surface area contributed by atoms with Gasteiger partial charge in [-0.2, -0.15) is 0 Å². The van der Waals surface area contributed by atoms with E-state index >= 15 is 0 Å². The van der Waals surface area contributed by atoms with Crippen molar-refractivity contribution in [2.24, 2.45) is 0 Å². The highest BCUT2D eigenvalue weighted by Crippen LogP contribution is 2.35. The maximum Gasteiger partial charge on any atom is 0.325 e. The molecule has 0 aromatic carbocycles. The van der Waals surface area contributed by atoms with Gasteiger partial charge in [-0.25, -0.2) is 0 Å². The first kappa shape index (κ1) is 44.8. The Hall–Kier alpha value is -1.17. The number of ether oxygens (including phenoxy) is 2. The van der Waals surface area contributed by atoms with Crippen LogP contribution in [0.1, 0.15) is 200 Å². The summed E-state index contributed by atoms with van der Waals surface area (Å²) in [7, 11) is -4.24. The minimum atomic E-state index is -4.24. The number of esters is 2. The van der Waals surface area contributed by atoms with Crippen molar-refractivity contribution in [2.45, 2.75) is 206 Å². The summed E-state index contributed by atoms with van der Waals surface area (Å²) in [6.45, 7) is 4.34. The summed E-state index contributed by atoms with van der Waals surface area (Å²) in [5.74, 6) is -0.751. The van der Waals surface area contributed by atoms with E-state index in [2.05, 4.69) is 26.0 Å². The average Bonchev–Trinajstić information content (AvgIpc) is 3.02. The third-order valence-corrected chi connectivity index (χ3v) is 9.44. The normalized spacial score (nSPS) is 12.5. The number of rotatable bonds is 35. The van der Waals surface area contributed by atoms with Gasteiger partial charge in [0, 0.05) is 12.8 Å². The summed E-state index contributed by atoms with van der Waals surface area (Å²) in [5.41, 5.74) is 0. The van der Waals surface area contributed by atoms with Crippen molar-refractivity contribution in [3.8, 4) is 0 Å². The molecule has 0 aromatic heterocycles. The van der Waals surface area contributed by atoms with Gasteiger partial charge in [0.25, 0.3) is 0 Å². The van der Waals surface area contributed by atoms with E-state index in [1.807, 2.05) is 0 Å². The Kier molecular flexibility index (Phi) is 32.9. The third kappa shape index (κ3) is 35.7. The van der Waals surface area contributed by atoms with Gasteiger partial charge < -0.3 is 19.3 Å². The average molecular weight is 673 g/mol. The van der Waals surface area contributed by atoms with Gasteiger partial charge in [0.1, 0.15) is 12.7 Å². The van der Waals surface area contributed by atoms with Gasteiger partial charge in [-0.15, -0.1) is 0 Å². The van der Waals surface area contributed by atoms with Crippen LogP contribution >= 0.6 is 7.60 Å². The Morgan fingerprint density at radius 1 is 0.565 bits per heavy atom. The van der Waals surface area contributed by atoms with Crippen LogP contribution in [0, 0.1) is 0 Å². The minimum absolute atomic E-state index is 0.0333. The standard InChI is InChI=1S/C38H73O7P/c1-3-5-7-9-11-13-15-17-18-20-22-24-26-28-30-32-38(40)45-36(33-34-46(41,42)43)35-44-37(39)31-29-27-25-23-21-19-16-14-12-10-8-6-4-2/h17-18,36H,3-16,19-35H2,1-2H3,(H2,41,42,43)/t36-/m0/s1. The predicted molar refractivity (Wildman–Crippen MR) is 192 cm³/mol. The summed E-state index contributed by atoms with van der Waals surface area (Å²) >= 11 is 0. The van der Waals surface area contributed by atoms with Crippen LogP contribution in [0.15, 0.2) is 12.2 Å². The molecule has 0 aromatic rings. The van der Waals surface area contributed by atoms with Gasteiger partial charge in [0.05, 0.1) is 6.16 Å². The summed E-state index contributed by atoms with van der Waals surface area (Å²) in [6.07, 6.45) is 35.3. The van der Waals surface area contributed by atoms with Gasteiger partial charge in [-0.1, -0.05) is 154 Å². The number of hydrogen-bond donors (Lipinski definition) is 2. The number of carbonyl (C=O) groups is 2. The Morgan fingerprint density at radius 2 is 0.935 bits per heavy atom. The van der Waals surface area contributed by atoms with Gasteiger partial charge in [0.2, 0.25) is 0 Å². The molecule has 0 bridgehead atoms. The number of carbonyl (C=O) groups excluding carboxylic acids is 2. The van der Waals surface area contributed by atoms with Crippen LogP contribution < -0.4 is 0 Å². The molecule has 272 valence electrons. The van der Waals surface area contributed by atoms with Crippen LogP contribution in [0.5, 0.6) is 0 Å². The molecule has 0 aliphatic rings. The fourth-order valence-electron chi connectivity index (χ4n) is 5.62. The third-order valence-electron chi connectivity index (χ3n) is 8.60. The molecule has 0 fully saturated rings. The first-order valence-electron chi connectivity index (χ1n) is 19.3. The number of allylic oxidation sites excluding steroid dienone is 2. The van der Waals surface area contributed by atoms with Crippen LogP contribution in [0.2, 0.25) is 0 Å². The smallest absolute Gasteiger partial charge is 0.325 e. The Labute approximate surface area is 283 Å². The van der Waals surface area contributed by atoms with Gasteiger partial charge in [-0.3, -0.25) is 14.2 Å². The molecule has 1 atom stereocenters. The zero-order chi connectivity index (χ0) is 34.0. The molecular weight excluding hydrogens is 599 g/mol. The quantitative estimate of drug-likeness (QED) is 0.0298. The van der Waals surface area contributed by atoms with E-state index in [-0.39, 0.29) is 25.4 Å². The highest BCUT2D eigenvalue weighted by Gasteiger charge is 2.22. The zero-order valence-corrected chi connectivity index (χ0v) is 30.9. The second kappa shape index (κ2) is 33.7. The molecule has 0 aliphatic carbocycles. The maximum absolute atomic E-state index is 12.4. The van der Waals surface area contributed by atoms with E-state index < -0.39 is 25.8 Å². The van der Waals surface area contributed by atoms with E-state index in [9.17, 15) is 23.9 Å². The Bertz CT molecular complexity index is 764. The van der Waals surface area contributed by atoms with Crippen LogP contribution in [-0.4, -0.2) is 40.6 Å². The molecule has 0 unspecified atom stereocenters. The molecule has 0 amide bonds. The van der Waals surface area contributed by atoms with Gasteiger partial charge in [-0.05, 0) is 44.9 Å². The van der Waals surface area contributed by atoms with Crippen LogP contribution in [-0.2, 0) is 23.6 Å². The lowest BCUT2D eigenvalue weighted by Crippen LogP contribution is -2.26. The largest absolute Gasteiger partial charge is 0.462 e. The molecule has 0 rings (SSSR count). The van der Waals surface area contributed by atoms with E-state index in [0.29, 0.717) is 6.42 Å². The molecular formula is C38H73O7P. The second-order valence-electron chi connectivity index (χ2n) is 13.3. The molecule has 0 aliphatic heterocycles. The first-order valence-corrected chi connectivity index (χ1v) is 21.1. The Morgan fingerprint density at radius 3 is 1.35 bits per heavy atom. The van der Waals surface area contributed by atoms with E-state index in [1.165, 1.54) is 109 Å². The zero-order valence-electron chi connectivity index (χ0n) is 30.0. The maximum atomic E-state index is 12.4. The topological polar surface area (TPSA) is 110 Å². The highest BCUT2D eigenvalue weighted by molar-refractivity contribution is 7.51. The first-order chi connectivity index (χ1) is 22.3. The predicted octanol–water partition coefficient (Wildman–Crippen LogP) is 11.5. The van der Waals surface area contributed by atoms with Crippen molar-refractivity contribution in [1.29, 1.82) is 0 Å². The lowest BCUT2D eigenvalue weighted by molar-refractivity contribution is -0.159. The number of hydrogen-bond acceptors (Lipinski definition) is 5. The van der Waals surface area contributed by atoms with E-state index in [1.54, 1.807) is 0 Å². The fraction of sp³-hybridized carbons (Fsp3) is 0.895. The van der Waals surface area contributed by atoms with Gasteiger partial charge in [0.15, 0.2) is 0 Å². The molecule has 0 spiro atoms. The summed E-state index contributed by atoms with van der Waals surface area (Å²) in [5, 5.41) is 0. The highest BCUT2D eigenvalue weighted by atomic mass is 31.2. The number of unbranched alkanes of at least 4 members (excludes halogenated alkanes) is 23. The van der Waals surface area contributed by atoms with Gasteiger partial charge >= 0.3 is 19.5 Å². The molecule has 7 nitrogen and oxygen atoms in total. The summed E-state index contributed by atoms with van der Waals surface area (Å²) < 4.78 is 22.2. The summed E-state index contributed by atoms with van der Waals surface area (Å²) in [4.78, 5) is 43.2. The van der Waals surface area contributed by atoms with E-state index in [4.69, 9.17) is 9.47 Å². The van der Waals surface area contributed by atoms with Crippen molar-refractivity contribution in [1.82, 2.24) is 0 Å². The van der Waals surface area contributed by atoms with E-state index in [0.717, 1.165) is 57.8 Å². The van der Waals surface area contributed by atoms with Crippen LogP contribution in [0.25, 0.3) is 0 Å².